The lowest BCUT2D eigenvalue weighted by atomic mass is 10.1. The summed E-state index contributed by atoms with van der Waals surface area (Å²) < 4.78 is 30.9. The van der Waals surface area contributed by atoms with Crippen molar-refractivity contribution in [2.45, 2.75) is 21.6 Å². The van der Waals surface area contributed by atoms with E-state index in [9.17, 15) is 13.7 Å². The number of nitrogens with zero attached hydrogens (tertiary/aromatic N) is 1. The summed E-state index contributed by atoms with van der Waals surface area (Å²) in [5.41, 5.74) is 5.34. The van der Waals surface area contributed by atoms with Crippen LogP contribution in [-0.4, -0.2) is 26.3 Å². The summed E-state index contributed by atoms with van der Waals surface area (Å²) in [6.45, 7) is 0. The summed E-state index contributed by atoms with van der Waals surface area (Å²) >= 11 is 5.81. The molecule has 1 aliphatic carbocycles. The van der Waals surface area contributed by atoms with Crippen molar-refractivity contribution in [1.82, 2.24) is 0 Å². The van der Waals surface area contributed by atoms with Gasteiger partial charge in [-0.2, -0.15) is 5.26 Å². The lowest BCUT2D eigenvalue weighted by molar-refractivity contribution is 0.414. The Bertz CT molecular complexity index is 904. The van der Waals surface area contributed by atoms with Crippen molar-refractivity contribution in [2.75, 3.05) is 7.11 Å². The summed E-state index contributed by atoms with van der Waals surface area (Å²) in [6.07, 6.45) is 0. The number of halogens is 1. The van der Waals surface area contributed by atoms with Crippen LogP contribution in [0.2, 0.25) is 5.02 Å². The first kappa shape index (κ1) is 16.8. The van der Waals surface area contributed by atoms with Crippen LogP contribution in [0.5, 0.6) is 5.75 Å². The highest BCUT2D eigenvalue weighted by Gasteiger charge is 2.70. The van der Waals surface area contributed by atoms with Crippen LogP contribution in [0.3, 0.4) is 0 Å². The third kappa shape index (κ3) is 2.55. The molecule has 3 rings (SSSR count). The van der Waals surface area contributed by atoms with E-state index in [1.807, 2.05) is 6.07 Å². The molecule has 5 nitrogen and oxygen atoms in total. The number of nitriles is 1. The molecule has 1 aliphatic rings. The molecule has 2 aromatic carbocycles. The van der Waals surface area contributed by atoms with Crippen molar-refractivity contribution in [3.05, 3.63) is 59.1 Å². The van der Waals surface area contributed by atoms with Crippen molar-refractivity contribution in [3.8, 4) is 11.8 Å². The third-order valence-corrected chi connectivity index (χ3v) is 6.84. The van der Waals surface area contributed by atoms with Gasteiger partial charge in [-0.05, 0) is 42.0 Å². The SMILES string of the molecule is COc1ccc([C@@H]2[C@H](S(=O)(=O)c3ccc(Cl)cc3)[C@@]2(N)C#N)cc1. The van der Waals surface area contributed by atoms with Crippen LogP contribution in [0.4, 0.5) is 0 Å². The number of rotatable bonds is 4. The van der Waals surface area contributed by atoms with Crippen LogP contribution in [0.25, 0.3) is 0 Å². The molecule has 124 valence electrons. The summed E-state index contributed by atoms with van der Waals surface area (Å²) in [5, 5.41) is 8.88. The first-order valence-electron chi connectivity index (χ1n) is 7.18. The number of nitrogens with two attached hydrogens (primary N) is 1. The number of hydrogen-bond acceptors (Lipinski definition) is 5. The second-order valence-corrected chi connectivity index (χ2v) is 8.22. The molecule has 0 heterocycles. The van der Waals surface area contributed by atoms with E-state index < -0.39 is 26.5 Å². The fourth-order valence-electron chi connectivity index (χ4n) is 2.98. The van der Waals surface area contributed by atoms with Gasteiger partial charge in [0.25, 0.3) is 0 Å². The molecule has 3 atom stereocenters. The van der Waals surface area contributed by atoms with Gasteiger partial charge in [-0.25, -0.2) is 8.42 Å². The predicted octanol–water partition coefficient (Wildman–Crippen LogP) is 2.51. The van der Waals surface area contributed by atoms with E-state index in [-0.39, 0.29) is 4.90 Å². The normalized spacial score (nSPS) is 25.8. The smallest absolute Gasteiger partial charge is 0.184 e. The summed E-state index contributed by atoms with van der Waals surface area (Å²) in [6, 6.07) is 14.7. The average Bonchev–Trinajstić information content (AvgIpc) is 3.23. The Morgan fingerprint density at radius 1 is 1.17 bits per heavy atom. The van der Waals surface area contributed by atoms with E-state index in [0.717, 1.165) is 0 Å². The molecule has 0 saturated heterocycles. The van der Waals surface area contributed by atoms with Crippen LogP contribution in [0.1, 0.15) is 11.5 Å². The Morgan fingerprint density at radius 3 is 2.25 bits per heavy atom. The van der Waals surface area contributed by atoms with Gasteiger partial charge in [0, 0.05) is 10.9 Å². The molecule has 7 heteroatoms. The molecule has 0 spiro atoms. The van der Waals surface area contributed by atoms with E-state index >= 15 is 0 Å². The van der Waals surface area contributed by atoms with Gasteiger partial charge in [-0.3, -0.25) is 0 Å². The maximum absolute atomic E-state index is 12.9. The topological polar surface area (TPSA) is 93.2 Å². The monoisotopic (exact) mass is 362 g/mol. The highest BCUT2D eigenvalue weighted by Crippen LogP contribution is 2.55. The first-order chi connectivity index (χ1) is 11.3. The van der Waals surface area contributed by atoms with Crippen molar-refractivity contribution in [1.29, 1.82) is 5.26 Å². The van der Waals surface area contributed by atoms with Gasteiger partial charge in [-0.15, -0.1) is 0 Å². The minimum absolute atomic E-state index is 0.109. The minimum atomic E-state index is -3.75. The van der Waals surface area contributed by atoms with Crippen molar-refractivity contribution >= 4 is 21.4 Å². The lowest BCUT2D eigenvalue weighted by Gasteiger charge is -2.05. The molecule has 0 radical (unpaired) electrons. The highest BCUT2D eigenvalue weighted by molar-refractivity contribution is 7.92. The molecule has 0 unspecified atom stereocenters. The molecule has 2 aromatic rings. The molecule has 1 saturated carbocycles. The molecule has 0 aliphatic heterocycles. The standard InChI is InChI=1S/C17H15ClN2O3S/c1-23-13-6-2-11(3-7-13)15-16(17(15,20)10-19)24(21,22)14-8-4-12(18)5-9-14/h2-9,15-16H,20H2,1H3/t15-,16+,17-/m1/s1. The van der Waals surface area contributed by atoms with Gasteiger partial charge in [0.15, 0.2) is 9.84 Å². The first-order valence-corrected chi connectivity index (χ1v) is 9.10. The van der Waals surface area contributed by atoms with Crippen LogP contribution >= 0.6 is 11.6 Å². The van der Waals surface area contributed by atoms with E-state index in [1.54, 1.807) is 31.4 Å². The van der Waals surface area contributed by atoms with Gasteiger partial charge in [0.2, 0.25) is 0 Å². The fourth-order valence-corrected chi connectivity index (χ4v) is 5.29. The Morgan fingerprint density at radius 2 is 1.75 bits per heavy atom. The third-order valence-electron chi connectivity index (χ3n) is 4.32. The Hall–Kier alpha value is -2.07. The number of hydrogen-bond donors (Lipinski definition) is 1. The molecule has 2 N–H and O–H groups in total. The summed E-state index contributed by atoms with van der Waals surface area (Å²) in [7, 11) is -2.21. The second kappa shape index (κ2) is 5.78. The number of sulfone groups is 1. The van der Waals surface area contributed by atoms with Gasteiger partial charge in [0.05, 0.1) is 18.1 Å². The zero-order chi connectivity index (χ0) is 17.5. The molecule has 0 bridgehead atoms. The molecule has 0 amide bonds. The number of benzene rings is 2. The molecule has 0 aromatic heterocycles. The van der Waals surface area contributed by atoms with E-state index in [4.69, 9.17) is 22.1 Å². The van der Waals surface area contributed by atoms with Crippen molar-refractivity contribution in [2.24, 2.45) is 5.73 Å². The van der Waals surface area contributed by atoms with Crippen molar-refractivity contribution in [3.63, 3.8) is 0 Å². The highest BCUT2D eigenvalue weighted by atomic mass is 35.5. The van der Waals surface area contributed by atoms with Crippen LogP contribution < -0.4 is 10.5 Å². The number of methoxy groups -OCH3 is 1. The quantitative estimate of drug-likeness (QED) is 0.901. The van der Waals surface area contributed by atoms with E-state index in [1.165, 1.54) is 24.3 Å². The lowest BCUT2D eigenvalue weighted by Crippen LogP contribution is -2.29. The van der Waals surface area contributed by atoms with Crippen molar-refractivity contribution < 1.29 is 13.2 Å². The van der Waals surface area contributed by atoms with Gasteiger partial charge < -0.3 is 10.5 Å². The van der Waals surface area contributed by atoms with Crippen LogP contribution in [0.15, 0.2) is 53.4 Å². The predicted molar refractivity (Wildman–Crippen MR) is 90.7 cm³/mol. The Kier molecular flexibility index (Phi) is 4.04. The fraction of sp³-hybridized carbons (Fsp3) is 0.235. The van der Waals surface area contributed by atoms with Crippen LogP contribution in [-0.2, 0) is 9.84 Å². The zero-order valence-electron chi connectivity index (χ0n) is 12.8. The largest absolute Gasteiger partial charge is 0.497 e. The number of ether oxygens (including phenoxy) is 1. The van der Waals surface area contributed by atoms with Gasteiger partial charge in [0.1, 0.15) is 16.5 Å². The Labute approximate surface area is 145 Å². The van der Waals surface area contributed by atoms with Crippen LogP contribution in [0, 0.1) is 11.3 Å². The van der Waals surface area contributed by atoms with Gasteiger partial charge in [-0.1, -0.05) is 23.7 Å². The molecular weight excluding hydrogens is 348 g/mol. The zero-order valence-corrected chi connectivity index (χ0v) is 14.4. The molecule has 24 heavy (non-hydrogen) atoms. The Balaban J connectivity index is 2.00. The van der Waals surface area contributed by atoms with Gasteiger partial charge >= 0.3 is 0 Å². The van der Waals surface area contributed by atoms with E-state index in [0.29, 0.717) is 16.3 Å². The maximum Gasteiger partial charge on any atom is 0.184 e. The molecule has 1 fully saturated rings. The summed E-state index contributed by atoms with van der Waals surface area (Å²) in [5.74, 6) is 0.0603. The second-order valence-electron chi connectivity index (χ2n) is 5.72. The minimum Gasteiger partial charge on any atom is -0.497 e. The van der Waals surface area contributed by atoms with E-state index in [2.05, 4.69) is 0 Å². The summed E-state index contributed by atoms with van der Waals surface area (Å²) in [4.78, 5) is 0.109. The average molecular weight is 363 g/mol. The maximum atomic E-state index is 12.9. The molecular formula is C17H15ClN2O3S.